The Hall–Kier alpha value is -1.10. The summed E-state index contributed by atoms with van der Waals surface area (Å²) in [6.07, 6.45) is -0.760. The zero-order valence-electron chi connectivity index (χ0n) is 6.65. The number of carbonyl (C=O) groups excluding carboxylic acids is 1. The maximum Gasteiger partial charge on any atom is 0.335 e. The van der Waals surface area contributed by atoms with Crippen molar-refractivity contribution in [3.8, 4) is 0 Å². The highest BCUT2D eigenvalue weighted by molar-refractivity contribution is 5.78. The third kappa shape index (κ3) is 1.73. The predicted molar refractivity (Wildman–Crippen MR) is 37.5 cm³/mol. The van der Waals surface area contributed by atoms with Crippen molar-refractivity contribution in [3.05, 3.63) is 0 Å². The number of carbonyl (C=O) groups is 2. The van der Waals surface area contributed by atoms with Gasteiger partial charge in [0.05, 0.1) is 7.11 Å². The van der Waals surface area contributed by atoms with E-state index < -0.39 is 24.1 Å². The highest BCUT2D eigenvalue weighted by atomic mass is 16.6. The fourth-order valence-corrected chi connectivity index (χ4v) is 1.12. The van der Waals surface area contributed by atoms with Crippen LogP contribution in [0.5, 0.6) is 0 Å². The third-order valence-electron chi connectivity index (χ3n) is 1.76. The van der Waals surface area contributed by atoms with E-state index in [9.17, 15) is 9.59 Å². The second-order valence-electron chi connectivity index (χ2n) is 2.55. The lowest BCUT2D eigenvalue weighted by molar-refractivity contribution is -0.159. The Labute approximate surface area is 69.3 Å². The summed E-state index contributed by atoms with van der Waals surface area (Å²) in [6.45, 7) is 0. The van der Waals surface area contributed by atoms with E-state index in [1.165, 1.54) is 7.11 Å². The molecule has 0 radical (unpaired) electrons. The van der Waals surface area contributed by atoms with Gasteiger partial charge in [0.15, 0.2) is 12.2 Å². The summed E-state index contributed by atoms with van der Waals surface area (Å²) >= 11 is 0. The molecule has 1 fully saturated rings. The molecule has 1 heterocycles. The van der Waals surface area contributed by atoms with Crippen LogP contribution in [0.4, 0.5) is 0 Å². The van der Waals surface area contributed by atoms with Gasteiger partial charge in [-0.15, -0.1) is 0 Å². The predicted octanol–water partition coefficient (Wildman–Crippen LogP) is -0.208. The lowest BCUT2D eigenvalue weighted by Gasteiger charge is -2.07. The Bertz CT molecular complexity index is 200. The maximum absolute atomic E-state index is 10.8. The highest BCUT2D eigenvalue weighted by Crippen LogP contribution is 2.20. The fraction of sp³-hybridized carbons (Fsp3) is 0.714. The first kappa shape index (κ1) is 8.99. The van der Waals surface area contributed by atoms with Gasteiger partial charge in [0.1, 0.15) is 0 Å². The van der Waals surface area contributed by atoms with Crippen molar-refractivity contribution in [3.63, 3.8) is 0 Å². The number of esters is 1. The molecule has 1 rings (SSSR count). The monoisotopic (exact) mass is 174 g/mol. The van der Waals surface area contributed by atoms with Crippen molar-refractivity contribution in [2.24, 2.45) is 0 Å². The van der Waals surface area contributed by atoms with E-state index >= 15 is 0 Å². The molecule has 0 aromatic carbocycles. The molecule has 5 heteroatoms. The largest absolute Gasteiger partial charge is 0.479 e. The summed E-state index contributed by atoms with van der Waals surface area (Å²) in [5, 5.41) is 8.51. The maximum atomic E-state index is 10.8. The molecule has 5 nitrogen and oxygen atoms in total. The number of hydrogen-bond acceptors (Lipinski definition) is 4. The van der Waals surface area contributed by atoms with Gasteiger partial charge in [0.25, 0.3) is 0 Å². The van der Waals surface area contributed by atoms with Crippen molar-refractivity contribution >= 4 is 11.9 Å². The Morgan fingerprint density at radius 2 is 2.00 bits per heavy atom. The lowest BCUT2D eigenvalue weighted by atomic mass is 10.2. The smallest absolute Gasteiger partial charge is 0.335 e. The van der Waals surface area contributed by atoms with Crippen LogP contribution in [0.3, 0.4) is 0 Å². The molecule has 1 aliphatic rings. The Balaban J connectivity index is 2.45. The zero-order valence-corrected chi connectivity index (χ0v) is 6.65. The first-order chi connectivity index (χ1) is 5.65. The van der Waals surface area contributed by atoms with Gasteiger partial charge < -0.3 is 14.6 Å². The van der Waals surface area contributed by atoms with E-state index in [0.717, 1.165) is 0 Å². The van der Waals surface area contributed by atoms with Crippen LogP contribution in [0.15, 0.2) is 0 Å². The molecule has 1 saturated heterocycles. The van der Waals surface area contributed by atoms with Crippen LogP contribution >= 0.6 is 0 Å². The highest BCUT2D eigenvalue weighted by Gasteiger charge is 2.35. The zero-order chi connectivity index (χ0) is 9.14. The molecule has 68 valence electrons. The van der Waals surface area contributed by atoms with Gasteiger partial charge in [-0.3, -0.25) is 0 Å². The molecule has 0 aromatic heterocycles. The van der Waals surface area contributed by atoms with E-state index in [1.807, 2.05) is 0 Å². The molecule has 0 saturated carbocycles. The molecule has 0 amide bonds. The minimum Gasteiger partial charge on any atom is -0.479 e. The molecule has 1 N–H and O–H groups in total. The van der Waals surface area contributed by atoms with Gasteiger partial charge >= 0.3 is 11.9 Å². The summed E-state index contributed by atoms with van der Waals surface area (Å²) in [6, 6.07) is 0. The Kier molecular flexibility index (Phi) is 2.65. The molecule has 0 aliphatic carbocycles. The second kappa shape index (κ2) is 3.53. The summed E-state index contributed by atoms with van der Waals surface area (Å²) < 4.78 is 9.31. The molecular formula is C7H10O5. The summed E-state index contributed by atoms with van der Waals surface area (Å²) in [4.78, 5) is 21.2. The van der Waals surface area contributed by atoms with Crippen LogP contribution in [0.25, 0.3) is 0 Å². The minimum atomic E-state index is -1.03. The van der Waals surface area contributed by atoms with Gasteiger partial charge in [-0.25, -0.2) is 9.59 Å². The number of methoxy groups -OCH3 is 1. The van der Waals surface area contributed by atoms with Crippen molar-refractivity contribution in [2.45, 2.75) is 25.0 Å². The topological polar surface area (TPSA) is 72.8 Å². The molecule has 0 bridgehead atoms. The van der Waals surface area contributed by atoms with Crippen LogP contribution in [0.2, 0.25) is 0 Å². The average Bonchev–Trinajstić information content (AvgIpc) is 2.51. The summed E-state index contributed by atoms with van der Waals surface area (Å²) in [5.41, 5.74) is 0. The molecular weight excluding hydrogens is 164 g/mol. The van der Waals surface area contributed by atoms with Crippen molar-refractivity contribution in [1.29, 1.82) is 0 Å². The van der Waals surface area contributed by atoms with Crippen LogP contribution in [-0.4, -0.2) is 36.4 Å². The summed E-state index contributed by atoms with van der Waals surface area (Å²) in [5.74, 6) is -1.53. The summed E-state index contributed by atoms with van der Waals surface area (Å²) in [7, 11) is 1.25. The lowest BCUT2D eigenvalue weighted by Crippen LogP contribution is -2.25. The van der Waals surface area contributed by atoms with E-state index in [-0.39, 0.29) is 0 Å². The third-order valence-corrected chi connectivity index (χ3v) is 1.76. The Morgan fingerprint density at radius 3 is 2.42 bits per heavy atom. The normalized spacial score (nSPS) is 28.4. The SMILES string of the molecule is COC(=O)[C@H]1CC[C@H](C(=O)O)O1. The minimum absolute atomic E-state index is 0.370. The van der Waals surface area contributed by atoms with Crippen LogP contribution in [0, 0.1) is 0 Å². The molecule has 2 atom stereocenters. The standard InChI is InChI=1S/C7H10O5/c1-11-7(10)5-3-2-4(12-5)6(8)9/h4-5H,2-3H2,1H3,(H,8,9)/t4-,5-/m1/s1. The number of carboxylic acid groups (broad SMARTS) is 1. The first-order valence-electron chi connectivity index (χ1n) is 3.61. The van der Waals surface area contributed by atoms with E-state index in [1.54, 1.807) is 0 Å². The van der Waals surface area contributed by atoms with Crippen LogP contribution < -0.4 is 0 Å². The van der Waals surface area contributed by atoms with Crippen molar-refractivity contribution in [2.75, 3.05) is 7.11 Å². The molecule has 0 aromatic rings. The molecule has 0 unspecified atom stereocenters. The first-order valence-corrected chi connectivity index (χ1v) is 3.61. The van der Waals surface area contributed by atoms with Crippen molar-refractivity contribution in [1.82, 2.24) is 0 Å². The molecule has 1 aliphatic heterocycles. The van der Waals surface area contributed by atoms with Gasteiger partial charge in [-0.2, -0.15) is 0 Å². The van der Waals surface area contributed by atoms with Crippen LogP contribution in [0.1, 0.15) is 12.8 Å². The average molecular weight is 174 g/mol. The van der Waals surface area contributed by atoms with E-state index in [2.05, 4.69) is 4.74 Å². The number of carboxylic acids is 1. The van der Waals surface area contributed by atoms with Crippen molar-refractivity contribution < 1.29 is 24.2 Å². The number of aliphatic carboxylic acids is 1. The number of ether oxygens (including phenoxy) is 2. The van der Waals surface area contributed by atoms with Gasteiger partial charge in [-0.1, -0.05) is 0 Å². The Morgan fingerprint density at radius 1 is 1.42 bits per heavy atom. The van der Waals surface area contributed by atoms with Crippen LogP contribution in [-0.2, 0) is 19.1 Å². The van der Waals surface area contributed by atoms with E-state index in [4.69, 9.17) is 9.84 Å². The molecule has 12 heavy (non-hydrogen) atoms. The second-order valence-corrected chi connectivity index (χ2v) is 2.55. The quantitative estimate of drug-likeness (QED) is 0.586. The van der Waals surface area contributed by atoms with E-state index in [0.29, 0.717) is 12.8 Å². The number of hydrogen-bond donors (Lipinski definition) is 1. The fourth-order valence-electron chi connectivity index (χ4n) is 1.12. The van der Waals surface area contributed by atoms with Gasteiger partial charge in [0.2, 0.25) is 0 Å². The van der Waals surface area contributed by atoms with Gasteiger partial charge in [-0.05, 0) is 12.8 Å². The number of rotatable bonds is 2. The molecule has 0 spiro atoms. The van der Waals surface area contributed by atoms with Gasteiger partial charge in [0, 0.05) is 0 Å².